The van der Waals surface area contributed by atoms with Crippen molar-refractivity contribution in [1.29, 1.82) is 0 Å². The smallest absolute Gasteiger partial charge is 0.242 e. The number of carbonyl (C=O) groups excluding carboxylic acids is 2. The molecular weight excluding hydrogens is 395 g/mol. The Morgan fingerprint density at radius 3 is 2.39 bits per heavy atom. The fourth-order valence-corrected chi connectivity index (χ4v) is 3.47. The van der Waals surface area contributed by atoms with Crippen molar-refractivity contribution in [2.45, 2.75) is 46.2 Å². The highest BCUT2D eigenvalue weighted by atomic mass is 35.5. The molecule has 1 N–H and O–H groups in total. The van der Waals surface area contributed by atoms with Crippen LogP contribution in [-0.4, -0.2) is 29.3 Å². The third-order valence-corrected chi connectivity index (χ3v) is 5.25. The van der Waals surface area contributed by atoms with Gasteiger partial charge in [0.2, 0.25) is 11.8 Å². The maximum absolute atomic E-state index is 13.2. The van der Waals surface area contributed by atoms with E-state index >= 15 is 0 Å². The van der Waals surface area contributed by atoms with Crippen molar-refractivity contribution in [3.8, 4) is 0 Å². The molecule has 0 aliphatic heterocycles. The number of halogens is 2. The standard InChI is InChI=1S/C22H26Cl2N2O2/c1-4-20(22(28)25-5-2)26(14-17-8-6-7-15(3)11-17)21(27)13-16-9-10-18(23)19(24)12-16/h6-12,20H,4-5,13-14H2,1-3H3,(H,25,28)/t20-/m1/s1. The van der Waals surface area contributed by atoms with E-state index in [2.05, 4.69) is 5.32 Å². The zero-order valence-corrected chi connectivity index (χ0v) is 18.0. The van der Waals surface area contributed by atoms with Crippen LogP contribution in [0.5, 0.6) is 0 Å². The van der Waals surface area contributed by atoms with Crippen molar-refractivity contribution in [3.63, 3.8) is 0 Å². The molecule has 0 aliphatic rings. The highest BCUT2D eigenvalue weighted by molar-refractivity contribution is 6.42. The van der Waals surface area contributed by atoms with Gasteiger partial charge in [-0.1, -0.05) is 66.0 Å². The van der Waals surface area contributed by atoms with Crippen LogP contribution in [0.3, 0.4) is 0 Å². The molecule has 6 heteroatoms. The second-order valence-corrected chi connectivity index (χ2v) is 7.57. The summed E-state index contributed by atoms with van der Waals surface area (Å²) < 4.78 is 0. The normalized spacial score (nSPS) is 11.8. The molecule has 0 unspecified atom stereocenters. The van der Waals surface area contributed by atoms with Crippen molar-refractivity contribution >= 4 is 35.0 Å². The highest BCUT2D eigenvalue weighted by Crippen LogP contribution is 2.23. The number of carbonyl (C=O) groups is 2. The number of hydrogen-bond donors (Lipinski definition) is 1. The van der Waals surface area contributed by atoms with Crippen LogP contribution in [0.15, 0.2) is 42.5 Å². The minimum absolute atomic E-state index is 0.127. The molecule has 0 saturated heterocycles. The maximum atomic E-state index is 13.2. The first kappa shape index (κ1) is 22.3. The first-order valence-electron chi connectivity index (χ1n) is 9.42. The van der Waals surface area contributed by atoms with E-state index < -0.39 is 6.04 Å². The zero-order chi connectivity index (χ0) is 20.7. The lowest BCUT2D eigenvalue weighted by atomic mass is 10.1. The lowest BCUT2D eigenvalue weighted by Crippen LogP contribution is -2.49. The summed E-state index contributed by atoms with van der Waals surface area (Å²) in [6, 6.07) is 12.6. The van der Waals surface area contributed by atoms with Gasteiger partial charge >= 0.3 is 0 Å². The lowest BCUT2D eigenvalue weighted by Gasteiger charge is -2.30. The molecular formula is C22H26Cl2N2O2. The number of nitrogens with zero attached hydrogens (tertiary/aromatic N) is 1. The molecule has 0 heterocycles. The van der Waals surface area contributed by atoms with E-state index in [9.17, 15) is 9.59 Å². The molecule has 0 aromatic heterocycles. The van der Waals surface area contributed by atoms with Crippen LogP contribution in [0.25, 0.3) is 0 Å². The molecule has 0 radical (unpaired) electrons. The summed E-state index contributed by atoms with van der Waals surface area (Å²) in [4.78, 5) is 27.4. The number of hydrogen-bond acceptors (Lipinski definition) is 2. The van der Waals surface area contributed by atoms with Gasteiger partial charge in [0.1, 0.15) is 6.04 Å². The van der Waals surface area contributed by atoms with Gasteiger partial charge in [-0.25, -0.2) is 0 Å². The number of nitrogens with one attached hydrogen (secondary N) is 1. The molecule has 0 spiro atoms. The minimum Gasteiger partial charge on any atom is -0.355 e. The van der Waals surface area contributed by atoms with Crippen molar-refractivity contribution in [2.24, 2.45) is 0 Å². The van der Waals surface area contributed by atoms with E-state index in [0.29, 0.717) is 29.6 Å². The molecule has 2 amide bonds. The Kier molecular flexibility index (Phi) is 8.34. The van der Waals surface area contributed by atoms with Gasteiger partial charge in [-0.05, 0) is 43.5 Å². The summed E-state index contributed by atoms with van der Waals surface area (Å²) in [5.74, 6) is -0.266. The van der Waals surface area contributed by atoms with Gasteiger partial charge in [-0.2, -0.15) is 0 Å². The van der Waals surface area contributed by atoms with Crippen LogP contribution in [0.1, 0.15) is 37.0 Å². The third-order valence-electron chi connectivity index (χ3n) is 4.51. The van der Waals surface area contributed by atoms with Gasteiger partial charge in [0.25, 0.3) is 0 Å². The van der Waals surface area contributed by atoms with Gasteiger partial charge in [-0.3, -0.25) is 9.59 Å². The van der Waals surface area contributed by atoms with Crippen LogP contribution in [-0.2, 0) is 22.6 Å². The Morgan fingerprint density at radius 1 is 1.04 bits per heavy atom. The van der Waals surface area contributed by atoms with Crippen LogP contribution < -0.4 is 5.32 Å². The number of rotatable bonds is 8. The average molecular weight is 421 g/mol. The highest BCUT2D eigenvalue weighted by Gasteiger charge is 2.28. The summed E-state index contributed by atoms with van der Waals surface area (Å²) in [7, 11) is 0. The molecule has 2 aromatic carbocycles. The van der Waals surface area contributed by atoms with Crippen LogP contribution >= 0.6 is 23.2 Å². The SMILES string of the molecule is CCNC(=O)[C@@H](CC)N(Cc1cccc(C)c1)C(=O)Cc1ccc(Cl)c(Cl)c1. The number of benzene rings is 2. The lowest BCUT2D eigenvalue weighted by molar-refractivity contribution is -0.140. The molecule has 0 saturated carbocycles. The quantitative estimate of drug-likeness (QED) is 0.667. The summed E-state index contributed by atoms with van der Waals surface area (Å²) >= 11 is 12.1. The van der Waals surface area contributed by atoms with Gasteiger partial charge in [0.05, 0.1) is 16.5 Å². The number of aryl methyl sites for hydroxylation is 1. The summed E-state index contributed by atoms with van der Waals surface area (Å²) in [5, 5.41) is 3.70. The third kappa shape index (κ3) is 5.98. The van der Waals surface area contributed by atoms with Crippen molar-refractivity contribution in [2.75, 3.05) is 6.54 Å². The molecule has 2 rings (SSSR count). The fourth-order valence-electron chi connectivity index (χ4n) is 3.14. The summed E-state index contributed by atoms with van der Waals surface area (Å²) in [5.41, 5.74) is 2.87. The second-order valence-electron chi connectivity index (χ2n) is 6.75. The van der Waals surface area contributed by atoms with E-state index in [1.54, 1.807) is 23.1 Å². The molecule has 0 bridgehead atoms. The Labute approximate surface area is 176 Å². The van der Waals surface area contributed by atoms with E-state index in [-0.39, 0.29) is 18.2 Å². The van der Waals surface area contributed by atoms with E-state index in [0.717, 1.165) is 16.7 Å². The maximum Gasteiger partial charge on any atom is 0.242 e. The Morgan fingerprint density at radius 2 is 1.79 bits per heavy atom. The zero-order valence-electron chi connectivity index (χ0n) is 16.5. The first-order valence-corrected chi connectivity index (χ1v) is 10.2. The van der Waals surface area contributed by atoms with Crippen molar-refractivity contribution in [1.82, 2.24) is 10.2 Å². The predicted molar refractivity (Wildman–Crippen MR) is 115 cm³/mol. The molecule has 28 heavy (non-hydrogen) atoms. The Bertz CT molecular complexity index is 839. The molecule has 4 nitrogen and oxygen atoms in total. The van der Waals surface area contributed by atoms with Gasteiger partial charge in [-0.15, -0.1) is 0 Å². The number of amides is 2. The van der Waals surface area contributed by atoms with Gasteiger partial charge < -0.3 is 10.2 Å². The molecule has 2 aromatic rings. The number of likely N-dealkylation sites (N-methyl/N-ethyl adjacent to an activating group) is 1. The Balaban J connectivity index is 2.30. The van der Waals surface area contributed by atoms with E-state index in [1.165, 1.54) is 0 Å². The largest absolute Gasteiger partial charge is 0.355 e. The van der Waals surface area contributed by atoms with Crippen LogP contribution in [0.4, 0.5) is 0 Å². The topological polar surface area (TPSA) is 49.4 Å². The second kappa shape index (κ2) is 10.5. The summed E-state index contributed by atoms with van der Waals surface area (Å²) in [6.07, 6.45) is 0.684. The molecule has 150 valence electrons. The van der Waals surface area contributed by atoms with Crippen LogP contribution in [0.2, 0.25) is 10.0 Å². The fraction of sp³-hybridized carbons (Fsp3) is 0.364. The monoisotopic (exact) mass is 420 g/mol. The molecule has 0 aliphatic carbocycles. The van der Waals surface area contributed by atoms with Gasteiger partial charge in [0.15, 0.2) is 0 Å². The molecule has 1 atom stereocenters. The first-order chi connectivity index (χ1) is 13.3. The van der Waals surface area contributed by atoms with Crippen LogP contribution in [0, 0.1) is 6.92 Å². The molecule has 0 fully saturated rings. The average Bonchev–Trinajstić information content (AvgIpc) is 2.65. The minimum atomic E-state index is -0.532. The van der Waals surface area contributed by atoms with Crippen molar-refractivity contribution < 1.29 is 9.59 Å². The van der Waals surface area contributed by atoms with E-state index in [4.69, 9.17) is 23.2 Å². The van der Waals surface area contributed by atoms with E-state index in [1.807, 2.05) is 45.0 Å². The predicted octanol–water partition coefficient (Wildman–Crippen LogP) is 4.79. The summed E-state index contributed by atoms with van der Waals surface area (Å²) in [6.45, 7) is 6.68. The van der Waals surface area contributed by atoms with Gasteiger partial charge in [0, 0.05) is 13.1 Å². The van der Waals surface area contributed by atoms with Crippen molar-refractivity contribution in [3.05, 3.63) is 69.2 Å². The Hall–Kier alpha value is -2.04.